The zero-order valence-corrected chi connectivity index (χ0v) is 24.8. The topological polar surface area (TPSA) is 111 Å². The summed E-state index contributed by atoms with van der Waals surface area (Å²) in [4.78, 5) is 30.1. The van der Waals surface area contributed by atoms with Gasteiger partial charge in [0.25, 0.3) is 5.91 Å². The monoisotopic (exact) mass is 599 g/mol. The molecule has 5 aromatic carbocycles. The van der Waals surface area contributed by atoms with Gasteiger partial charge in [-0.3, -0.25) is 4.79 Å². The van der Waals surface area contributed by atoms with Gasteiger partial charge in [-0.15, -0.1) is 0 Å². The number of amides is 1. The van der Waals surface area contributed by atoms with Crippen molar-refractivity contribution in [1.29, 1.82) is 0 Å². The molecule has 224 valence electrons. The Labute approximate surface area is 259 Å². The highest BCUT2D eigenvalue weighted by Crippen LogP contribution is 2.39. The number of nitrogens with one attached hydrogen (secondary N) is 2. The first-order valence-electron chi connectivity index (χ1n) is 14.1. The number of aromatic nitrogens is 1. The molecule has 0 atom stereocenters. The quantitative estimate of drug-likeness (QED) is 0.0802. The van der Waals surface area contributed by atoms with Crippen molar-refractivity contribution in [3.05, 3.63) is 120 Å². The molecule has 0 unspecified atom stereocenters. The van der Waals surface area contributed by atoms with Crippen molar-refractivity contribution >= 4 is 39.8 Å². The number of esters is 1. The Morgan fingerprint density at radius 3 is 2.16 bits per heavy atom. The van der Waals surface area contributed by atoms with Crippen molar-refractivity contribution in [1.82, 2.24) is 10.4 Å². The lowest BCUT2D eigenvalue weighted by Crippen LogP contribution is -2.19. The van der Waals surface area contributed by atoms with Gasteiger partial charge in [-0.2, -0.15) is 5.10 Å². The number of rotatable bonds is 9. The van der Waals surface area contributed by atoms with Gasteiger partial charge in [0, 0.05) is 21.9 Å². The summed E-state index contributed by atoms with van der Waals surface area (Å²) in [6.07, 6.45) is 1.43. The number of fused-ring (bicyclic) bond motifs is 3. The highest BCUT2D eigenvalue weighted by molar-refractivity contribution is 6.16. The minimum Gasteiger partial charge on any atom is -0.493 e. The average molecular weight is 600 g/mol. The molecule has 6 rings (SSSR count). The number of para-hydroxylation sites is 1. The second-order valence-electron chi connectivity index (χ2n) is 9.99. The molecule has 0 radical (unpaired) electrons. The number of carbonyl (C=O) groups is 2. The van der Waals surface area contributed by atoms with Gasteiger partial charge in [0.1, 0.15) is 11.4 Å². The summed E-state index contributed by atoms with van der Waals surface area (Å²) >= 11 is 0. The van der Waals surface area contributed by atoms with Crippen LogP contribution >= 0.6 is 0 Å². The van der Waals surface area contributed by atoms with Crippen LogP contribution in [0.1, 0.15) is 26.4 Å². The SMILES string of the molecule is COc1cc(C(=O)Oc2ccccc2C=NNC(=O)c2[nH]c3c(ccc4ccccc43)c2-c2ccccc2)cc(OC)c1OC. The van der Waals surface area contributed by atoms with Gasteiger partial charge < -0.3 is 23.9 Å². The molecule has 0 saturated carbocycles. The molecule has 2 N–H and O–H groups in total. The van der Waals surface area contributed by atoms with E-state index in [1.165, 1.54) is 39.7 Å². The summed E-state index contributed by atoms with van der Waals surface area (Å²) in [7, 11) is 4.41. The van der Waals surface area contributed by atoms with Gasteiger partial charge in [-0.1, -0.05) is 78.9 Å². The molecule has 0 fully saturated rings. The average Bonchev–Trinajstić information content (AvgIpc) is 3.49. The Morgan fingerprint density at radius 1 is 0.733 bits per heavy atom. The number of aromatic amines is 1. The zero-order chi connectivity index (χ0) is 31.3. The van der Waals surface area contributed by atoms with E-state index >= 15 is 0 Å². The predicted octanol–water partition coefficient (Wildman–Crippen LogP) is 7.00. The lowest BCUT2D eigenvalue weighted by molar-refractivity contribution is 0.0733. The summed E-state index contributed by atoms with van der Waals surface area (Å²) < 4.78 is 21.8. The van der Waals surface area contributed by atoms with E-state index in [0.29, 0.717) is 28.5 Å². The molecule has 6 aromatic rings. The smallest absolute Gasteiger partial charge is 0.343 e. The maximum absolute atomic E-state index is 13.6. The molecule has 1 heterocycles. The van der Waals surface area contributed by atoms with Crippen molar-refractivity contribution in [3.8, 4) is 34.1 Å². The fraction of sp³-hybridized carbons (Fsp3) is 0.0833. The Balaban J connectivity index is 1.28. The third kappa shape index (κ3) is 5.66. The molecule has 9 heteroatoms. The summed E-state index contributed by atoms with van der Waals surface area (Å²) in [5.74, 6) is 0.186. The molecule has 0 spiro atoms. The number of H-pyrrole nitrogens is 1. The molecular weight excluding hydrogens is 570 g/mol. The Bertz CT molecular complexity index is 2040. The molecule has 9 nitrogen and oxygen atoms in total. The van der Waals surface area contributed by atoms with E-state index in [9.17, 15) is 9.59 Å². The Morgan fingerprint density at radius 2 is 1.42 bits per heavy atom. The van der Waals surface area contributed by atoms with Crippen molar-refractivity contribution in [2.75, 3.05) is 21.3 Å². The van der Waals surface area contributed by atoms with Crippen LogP contribution in [0.4, 0.5) is 0 Å². The van der Waals surface area contributed by atoms with Crippen molar-refractivity contribution < 1.29 is 28.5 Å². The van der Waals surface area contributed by atoms with Crippen LogP contribution in [0.3, 0.4) is 0 Å². The number of benzene rings is 5. The largest absolute Gasteiger partial charge is 0.493 e. The molecule has 0 aliphatic rings. The number of hydrazone groups is 1. The molecule has 1 amide bonds. The second-order valence-corrected chi connectivity index (χ2v) is 9.99. The summed E-state index contributed by atoms with van der Waals surface area (Å²) in [6, 6.07) is 31.7. The first-order valence-corrected chi connectivity index (χ1v) is 14.1. The van der Waals surface area contributed by atoms with Gasteiger partial charge in [0.2, 0.25) is 5.75 Å². The normalized spacial score (nSPS) is 11.1. The van der Waals surface area contributed by atoms with Crippen LogP contribution in [-0.2, 0) is 0 Å². The van der Waals surface area contributed by atoms with E-state index in [2.05, 4.69) is 15.5 Å². The van der Waals surface area contributed by atoms with Crippen LogP contribution in [0, 0.1) is 0 Å². The van der Waals surface area contributed by atoms with Crippen LogP contribution in [0.2, 0.25) is 0 Å². The van der Waals surface area contributed by atoms with Crippen molar-refractivity contribution in [2.45, 2.75) is 0 Å². The van der Waals surface area contributed by atoms with Gasteiger partial charge >= 0.3 is 5.97 Å². The summed E-state index contributed by atoms with van der Waals surface area (Å²) in [6.45, 7) is 0. The Hall–Kier alpha value is -6.09. The van der Waals surface area contributed by atoms with Crippen LogP contribution in [-0.4, -0.2) is 44.4 Å². The maximum Gasteiger partial charge on any atom is 0.343 e. The first kappa shape index (κ1) is 29.0. The molecule has 0 aliphatic heterocycles. The zero-order valence-electron chi connectivity index (χ0n) is 24.8. The molecular formula is C36H29N3O6. The lowest BCUT2D eigenvalue weighted by Gasteiger charge is -2.14. The molecule has 45 heavy (non-hydrogen) atoms. The highest BCUT2D eigenvalue weighted by atomic mass is 16.5. The van der Waals surface area contributed by atoms with Crippen LogP contribution < -0.4 is 24.4 Å². The maximum atomic E-state index is 13.6. The van der Waals surface area contributed by atoms with Crippen molar-refractivity contribution in [3.63, 3.8) is 0 Å². The van der Waals surface area contributed by atoms with E-state index in [0.717, 1.165) is 32.8 Å². The third-order valence-electron chi connectivity index (χ3n) is 7.38. The van der Waals surface area contributed by atoms with E-state index in [1.807, 2.05) is 66.7 Å². The van der Waals surface area contributed by atoms with Crippen molar-refractivity contribution in [2.24, 2.45) is 5.10 Å². The number of hydrogen-bond acceptors (Lipinski definition) is 7. The van der Waals surface area contributed by atoms with E-state index < -0.39 is 11.9 Å². The number of methoxy groups -OCH3 is 3. The fourth-order valence-corrected chi connectivity index (χ4v) is 5.27. The highest BCUT2D eigenvalue weighted by Gasteiger charge is 2.21. The number of hydrogen-bond donors (Lipinski definition) is 2. The van der Waals surface area contributed by atoms with E-state index in [1.54, 1.807) is 24.3 Å². The van der Waals surface area contributed by atoms with Gasteiger partial charge in [0.15, 0.2) is 11.5 Å². The summed E-state index contributed by atoms with van der Waals surface area (Å²) in [5, 5.41) is 7.21. The molecule has 0 bridgehead atoms. The van der Waals surface area contributed by atoms with Gasteiger partial charge in [0.05, 0.1) is 38.6 Å². The number of nitrogens with zero attached hydrogens (tertiary/aromatic N) is 1. The van der Waals surface area contributed by atoms with E-state index in [-0.39, 0.29) is 11.3 Å². The second kappa shape index (κ2) is 12.6. The molecule has 0 aliphatic carbocycles. The predicted molar refractivity (Wildman–Crippen MR) is 174 cm³/mol. The first-order chi connectivity index (χ1) is 22.0. The number of ether oxygens (including phenoxy) is 4. The third-order valence-corrected chi connectivity index (χ3v) is 7.38. The van der Waals surface area contributed by atoms with Crippen LogP contribution in [0.15, 0.2) is 108 Å². The molecule has 1 aromatic heterocycles. The van der Waals surface area contributed by atoms with Crippen LogP contribution in [0.5, 0.6) is 23.0 Å². The minimum absolute atomic E-state index is 0.198. The summed E-state index contributed by atoms with van der Waals surface area (Å²) in [5.41, 5.74) is 6.24. The minimum atomic E-state index is -0.642. The van der Waals surface area contributed by atoms with Gasteiger partial charge in [-0.05, 0) is 35.2 Å². The number of carbonyl (C=O) groups excluding carboxylic acids is 2. The van der Waals surface area contributed by atoms with Crippen LogP contribution in [0.25, 0.3) is 32.8 Å². The Kier molecular flexibility index (Phi) is 8.15. The standard InChI is InChI=1S/C36H29N3O6/c1-42-29-19-25(20-30(43-2)34(29)44-3)36(41)45-28-16-10-8-14-24(28)21-37-39-35(40)33-31(23-12-5-4-6-13-23)27-18-17-22-11-7-9-15-26(22)32(27)38-33/h4-21,38H,1-3H3,(H,39,40). The lowest BCUT2D eigenvalue weighted by atomic mass is 9.99. The van der Waals surface area contributed by atoms with E-state index in [4.69, 9.17) is 18.9 Å². The van der Waals surface area contributed by atoms with Gasteiger partial charge in [-0.25, -0.2) is 10.2 Å². The molecule has 0 saturated heterocycles. The fourth-order valence-electron chi connectivity index (χ4n) is 5.27.